The highest BCUT2D eigenvalue weighted by Gasteiger charge is 2.14. The number of carbonyl (C=O) groups is 1. The first-order valence-corrected chi connectivity index (χ1v) is 18.0. The lowest BCUT2D eigenvalue weighted by molar-refractivity contribution is -0.150. The summed E-state index contributed by atoms with van der Waals surface area (Å²) in [7, 11) is 0. The first-order valence-electron chi connectivity index (χ1n) is 18.0. The van der Waals surface area contributed by atoms with E-state index in [0.29, 0.717) is 6.42 Å². The zero-order chi connectivity index (χ0) is 28.7. The molecule has 1 atom stereocenters. The van der Waals surface area contributed by atoms with Crippen molar-refractivity contribution in [3.05, 3.63) is 0 Å². The van der Waals surface area contributed by atoms with Crippen LogP contribution >= 0.6 is 0 Å². The molecule has 0 saturated carbocycles. The second-order valence-corrected chi connectivity index (χ2v) is 12.4. The molecule has 1 N–H and O–H groups in total. The molecule has 39 heavy (non-hydrogen) atoms. The van der Waals surface area contributed by atoms with E-state index in [1.807, 2.05) is 0 Å². The molecule has 0 bridgehead atoms. The van der Waals surface area contributed by atoms with Crippen molar-refractivity contribution < 1.29 is 14.6 Å². The molecule has 1 unspecified atom stereocenters. The molecular weight excluding hydrogens is 480 g/mol. The monoisotopic (exact) mass is 553 g/mol. The Morgan fingerprint density at radius 1 is 0.462 bits per heavy atom. The second kappa shape index (κ2) is 32.0. The Labute approximate surface area is 246 Å². The van der Waals surface area contributed by atoms with Crippen LogP contribution in [-0.4, -0.2) is 23.3 Å². The van der Waals surface area contributed by atoms with Gasteiger partial charge >= 0.3 is 5.97 Å². The van der Waals surface area contributed by atoms with Crippen molar-refractivity contribution in [3.8, 4) is 0 Å². The number of unbranched alkanes of at least 4 members (excludes halogenated alkanes) is 21. The summed E-state index contributed by atoms with van der Waals surface area (Å²) in [6, 6.07) is 0. The van der Waals surface area contributed by atoms with E-state index in [1.54, 1.807) is 0 Å². The van der Waals surface area contributed by atoms with Crippen LogP contribution in [0, 0.1) is 0 Å². The quantitative estimate of drug-likeness (QED) is 0.0666. The summed E-state index contributed by atoms with van der Waals surface area (Å²) in [6.45, 7) is 6.79. The Hall–Kier alpha value is -0.570. The smallest absolute Gasteiger partial charge is 0.306 e. The predicted octanol–water partition coefficient (Wildman–Crippen LogP) is 12.0. The molecule has 0 aliphatic carbocycles. The van der Waals surface area contributed by atoms with Gasteiger partial charge in [-0.3, -0.25) is 4.79 Å². The number of hydrogen-bond donors (Lipinski definition) is 1. The molecule has 0 aliphatic rings. The number of hydrogen-bond acceptors (Lipinski definition) is 3. The Balaban J connectivity index is 3.85. The molecule has 3 nitrogen and oxygen atoms in total. The van der Waals surface area contributed by atoms with Crippen molar-refractivity contribution >= 4 is 5.97 Å². The van der Waals surface area contributed by atoms with Gasteiger partial charge in [-0.25, -0.2) is 0 Å². The maximum Gasteiger partial charge on any atom is 0.306 e. The van der Waals surface area contributed by atoms with Crippen molar-refractivity contribution in [2.24, 2.45) is 0 Å². The van der Waals surface area contributed by atoms with Crippen molar-refractivity contribution in [1.29, 1.82) is 0 Å². The SMILES string of the molecule is CCCCCCCCCCC(O)CCCCCCCC(=O)OC(CCCCCCCC)CCCCCCCC. The van der Waals surface area contributed by atoms with Gasteiger partial charge in [0.2, 0.25) is 0 Å². The highest BCUT2D eigenvalue weighted by Crippen LogP contribution is 2.19. The molecule has 0 aliphatic heterocycles. The maximum absolute atomic E-state index is 12.5. The van der Waals surface area contributed by atoms with E-state index in [0.717, 1.165) is 51.4 Å². The minimum absolute atomic E-state index is 0.0257. The normalized spacial score (nSPS) is 12.3. The molecule has 0 aromatic carbocycles. The highest BCUT2D eigenvalue weighted by molar-refractivity contribution is 5.69. The number of carbonyl (C=O) groups excluding carboxylic acids is 1. The van der Waals surface area contributed by atoms with Crippen molar-refractivity contribution in [3.63, 3.8) is 0 Å². The van der Waals surface area contributed by atoms with Crippen LogP contribution in [0.5, 0.6) is 0 Å². The van der Waals surface area contributed by atoms with Crippen LogP contribution in [0.2, 0.25) is 0 Å². The largest absolute Gasteiger partial charge is 0.462 e. The van der Waals surface area contributed by atoms with Crippen molar-refractivity contribution in [2.45, 2.75) is 226 Å². The summed E-state index contributed by atoms with van der Waals surface area (Å²) in [5.41, 5.74) is 0. The van der Waals surface area contributed by atoms with Gasteiger partial charge in [0.05, 0.1) is 6.10 Å². The van der Waals surface area contributed by atoms with E-state index in [4.69, 9.17) is 4.74 Å². The van der Waals surface area contributed by atoms with Gasteiger partial charge < -0.3 is 9.84 Å². The first-order chi connectivity index (χ1) is 19.1. The van der Waals surface area contributed by atoms with E-state index in [-0.39, 0.29) is 18.2 Å². The molecule has 3 heteroatoms. The van der Waals surface area contributed by atoms with Crippen LogP contribution in [0.25, 0.3) is 0 Å². The summed E-state index contributed by atoms with van der Waals surface area (Å²) >= 11 is 0. The van der Waals surface area contributed by atoms with Crippen LogP contribution in [0.1, 0.15) is 213 Å². The lowest BCUT2D eigenvalue weighted by Gasteiger charge is -2.18. The summed E-state index contributed by atoms with van der Waals surface area (Å²) < 4.78 is 5.97. The molecule has 0 aromatic heterocycles. The second-order valence-electron chi connectivity index (χ2n) is 12.4. The molecule has 0 saturated heterocycles. The number of aliphatic hydroxyl groups excluding tert-OH is 1. The van der Waals surface area contributed by atoms with E-state index < -0.39 is 0 Å². The molecule has 0 fully saturated rings. The Kier molecular flexibility index (Phi) is 31.5. The molecule has 0 heterocycles. The molecule has 234 valence electrons. The van der Waals surface area contributed by atoms with Gasteiger partial charge in [-0.05, 0) is 44.9 Å². The zero-order valence-electron chi connectivity index (χ0n) is 27.1. The fraction of sp³-hybridized carbons (Fsp3) is 0.972. The van der Waals surface area contributed by atoms with Crippen molar-refractivity contribution in [1.82, 2.24) is 0 Å². The summed E-state index contributed by atoms with van der Waals surface area (Å²) in [5, 5.41) is 10.3. The Bertz CT molecular complexity index is 462. The van der Waals surface area contributed by atoms with Gasteiger partial charge in [-0.2, -0.15) is 0 Å². The fourth-order valence-electron chi connectivity index (χ4n) is 5.65. The van der Waals surface area contributed by atoms with Gasteiger partial charge in [0.25, 0.3) is 0 Å². The number of ether oxygens (including phenoxy) is 1. The standard InChI is InChI=1S/C36H72O3/c1-4-7-10-13-16-17-19-24-29-34(37)30-25-20-18-23-28-33-36(38)39-35(31-26-21-14-11-8-5-2)32-27-22-15-12-9-6-3/h34-35,37H,4-33H2,1-3H3. The number of rotatable bonds is 32. The van der Waals surface area contributed by atoms with Gasteiger partial charge in [0.1, 0.15) is 6.10 Å². The van der Waals surface area contributed by atoms with Crippen LogP contribution in [0.15, 0.2) is 0 Å². The summed E-state index contributed by atoms with van der Waals surface area (Å²) in [6.07, 6.45) is 36.3. The third-order valence-electron chi connectivity index (χ3n) is 8.37. The maximum atomic E-state index is 12.5. The van der Waals surface area contributed by atoms with Crippen LogP contribution < -0.4 is 0 Å². The molecule has 0 spiro atoms. The number of esters is 1. The minimum Gasteiger partial charge on any atom is -0.462 e. The first kappa shape index (κ1) is 38.4. The van der Waals surface area contributed by atoms with Gasteiger partial charge in [0.15, 0.2) is 0 Å². The Morgan fingerprint density at radius 2 is 0.769 bits per heavy atom. The lowest BCUT2D eigenvalue weighted by atomic mass is 10.0. The average molecular weight is 553 g/mol. The van der Waals surface area contributed by atoms with E-state index in [9.17, 15) is 9.90 Å². The van der Waals surface area contributed by atoms with Crippen LogP contribution in [-0.2, 0) is 9.53 Å². The Morgan fingerprint density at radius 3 is 1.15 bits per heavy atom. The van der Waals surface area contributed by atoms with Crippen LogP contribution in [0.4, 0.5) is 0 Å². The van der Waals surface area contributed by atoms with E-state index in [1.165, 1.54) is 135 Å². The third-order valence-corrected chi connectivity index (χ3v) is 8.37. The minimum atomic E-state index is -0.115. The molecule has 0 radical (unpaired) electrons. The fourth-order valence-corrected chi connectivity index (χ4v) is 5.65. The van der Waals surface area contributed by atoms with E-state index >= 15 is 0 Å². The number of aliphatic hydroxyl groups is 1. The topological polar surface area (TPSA) is 46.5 Å². The van der Waals surface area contributed by atoms with Gasteiger partial charge in [-0.1, -0.05) is 162 Å². The highest BCUT2D eigenvalue weighted by atomic mass is 16.5. The molecule has 0 aromatic rings. The van der Waals surface area contributed by atoms with Gasteiger partial charge in [0, 0.05) is 6.42 Å². The molecule has 0 rings (SSSR count). The lowest BCUT2D eigenvalue weighted by Crippen LogP contribution is -2.18. The summed E-state index contributed by atoms with van der Waals surface area (Å²) in [5.74, 6) is 0.0257. The molecular formula is C36H72O3. The summed E-state index contributed by atoms with van der Waals surface area (Å²) in [4.78, 5) is 12.5. The third kappa shape index (κ3) is 30.2. The van der Waals surface area contributed by atoms with Crippen LogP contribution in [0.3, 0.4) is 0 Å². The molecule has 0 amide bonds. The van der Waals surface area contributed by atoms with Crippen molar-refractivity contribution in [2.75, 3.05) is 0 Å². The predicted molar refractivity (Wildman–Crippen MR) is 171 cm³/mol. The average Bonchev–Trinajstić information content (AvgIpc) is 2.93. The van der Waals surface area contributed by atoms with E-state index in [2.05, 4.69) is 20.8 Å². The van der Waals surface area contributed by atoms with Gasteiger partial charge in [-0.15, -0.1) is 0 Å². The zero-order valence-corrected chi connectivity index (χ0v) is 27.1.